The summed E-state index contributed by atoms with van der Waals surface area (Å²) in [6.07, 6.45) is 0. The first-order valence-electron chi connectivity index (χ1n) is 7.67. The molecular formula is C18H19FN2O2. The molecule has 1 saturated heterocycles. The third kappa shape index (κ3) is 3.68. The Kier molecular flexibility index (Phi) is 4.57. The Hall–Kier alpha value is -2.40. The zero-order valence-electron chi connectivity index (χ0n) is 12.9. The molecule has 4 nitrogen and oxygen atoms in total. The van der Waals surface area contributed by atoms with Crippen molar-refractivity contribution in [3.8, 4) is 11.5 Å². The summed E-state index contributed by atoms with van der Waals surface area (Å²) in [7, 11) is 0. The van der Waals surface area contributed by atoms with E-state index in [9.17, 15) is 9.18 Å². The Balaban J connectivity index is 1.77. The summed E-state index contributed by atoms with van der Waals surface area (Å²) in [6, 6.07) is 13.3. The van der Waals surface area contributed by atoms with Crippen molar-refractivity contribution in [1.82, 2.24) is 5.32 Å². The predicted molar refractivity (Wildman–Crippen MR) is 87.1 cm³/mol. The molecule has 0 radical (unpaired) electrons. The molecule has 2 N–H and O–H groups in total. The maximum atomic E-state index is 13.6. The maximum absolute atomic E-state index is 13.6. The molecule has 1 heterocycles. The van der Waals surface area contributed by atoms with Gasteiger partial charge in [-0.05, 0) is 43.3 Å². The smallest absolute Gasteiger partial charge is 0.227 e. The lowest BCUT2D eigenvalue weighted by atomic mass is 9.88. The lowest BCUT2D eigenvalue weighted by Gasteiger charge is -2.31. The number of anilines is 1. The number of amides is 1. The van der Waals surface area contributed by atoms with Crippen LogP contribution in [0.2, 0.25) is 0 Å². The van der Waals surface area contributed by atoms with Crippen molar-refractivity contribution in [1.29, 1.82) is 0 Å². The number of ether oxygens (including phenoxy) is 1. The number of nitrogens with one attached hydrogen (secondary N) is 2. The van der Waals surface area contributed by atoms with Crippen LogP contribution in [0.1, 0.15) is 6.92 Å². The van der Waals surface area contributed by atoms with Gasteiger partial charge in [0.25, 0.3) is 0 Å². The number of hydrogen-bond acceptors (Lipinski definition) is 3. The van der Waals surface area contributed by atoms with Crippen molar-refractivity contribution >= 4 is 11.6 Å². The van der Waals surface area contributed by atoms with Gasteiger partial charge in [-0.15, -0.1) is 0 Å². The Morgan fingerprint density at radius 1 is 1.26 bits per heavy atom. The van der Waals surface area contributed by atoms with Gasteiger partial charge in [0.1, 0.15) is 11.6 Å². The quantitative estimate of drug-likeness (QED) is 0.889. The van der Waals surface area contributed by atoms with E-state index in [2.05, 4.69) is 10.6 Å². The van der Waals surface area contributed by atoms with Gasteiger partial charge < -0.3 is 15.4 Å². The van der Waals surface area contributed by atoms with Crippen LogP contribution in [0.15, 0.2) is 48.5 Å². The fraction of sp³-hybridized carbons (Fsp3) is 0.278. The minimum absolute atomic E-state index is 0.125. The topological polar surface area (TPSA) is 50.4 Å². The molecule has 1 aliphatic rings. The average molecular weight is 314 g/mol. The second kappa shape index (κ2) is 6.79. The van der Waals surface area contributed by atoms with Gasteiger partial charge in [-0.2, -0.15) is 0 Å². The van der Waals surface area contributed by atoms with Crippen LogP contribution in [-0.4, -0.2) is 19.0 Å². The number of carbonyl (C=O) groups is 1. The molecule has 1 unspecified atom stereocenters. The standard InChI is InChI=1S/C18H19FN2O2/c1-12(13-10-20-11-13)18(22)21-16-9-14(19)7-8-17(16)23-15-5-3-2-4-6-15/h2-9,12-13,20H,10-11H2,1H3,(H,21,22). The number of rotatable bonds is 5. The summed E-state index contributed by atoms with van der Waals surface area (Å²) in [4.78, 5) is 12.3. The van der Waals surface area contributed by atoms with Crippen LogP contribution in [0.25, 0.3) is 0 Å². The molecule has 0 saturated carbocycles. The van der Waals surface area contributed by atoms with Gasteiger partial charge in [0.2, 0.25) is 5.91 Å². The van der Waals surface area contributed by atoms with E-state index < -0.39 is 5.82 Å². The molecule has 0 bridgehead atoms. The molecule has 1 fully saturated rings. The molecule has 0 aromatic heterocycles. The number of carbonyl (C=O) groups excluding carboxylic acids is 1. The molecule has 3 rings (SSSR count). The third-order valence-corrected chi connectivity index (χ3v) is 4.10. The highest BCUT2D eigenvalue weighted by atomic mass is 19.1. The Morgan fingerprint density at radius 3 is 2.65 bits per heavy atom. The van der Waals surface area contributed by atoms with Crippen molar-refractivity contribution in [2.75, 3.05) is 18.4 Å². The van der Waals surface area contributed by atoms with Gasteiger partial charge >= 0.3 is 0 Å². The molecule has 5 heteroatoms. The van der Waals surface area contributed by atoms with E-state index in [1.807, 2.05) is 25.1 Å². The number of halogens is 1. The highest BCUT2D eigenvalue weighted by molar-refractivity contribution is 5.94. The second-order valence-electron chi connectivity index (χ2n) is 5.75. The molecule has 2 aromatic rings. The van der Waals surface area contributed by atoms with Crippen LogP contribution >= 0.6 is 0 Å². The molecule has 0 spiro atoms. The predicted octanol–water partition coefficient (Wildman–Crippen LogP) is 3.41. The first kappa shape index (κ1) is 15.5. The van der Waals surface area contributed by atoms with Gasteiger partial charge in [-0.1, -0.05) is 25.1 Å². The summed E-state index contributed by atoms with van der Waals surface area (Å²) >= 11 is 0. The maximum Gasteiger partial charge on any atom is 0.227 e. The summed E-state index contributed by atoms with van der Waals surface area (Å²) in [6.45, 7) is 3.56. The third-order valence-electron chi connectivity index (χ3n) is 4.10. The minimum Gasteiger partial charge on any atom is -0.455 e. The molecule has 1 amide bonds. The largest absolute Gasteiger partial charge is 0.455 e. The van der Waals surface area contributed by atoms with E-state index >= 15 is 0 Å². The zero-order valence-corrected chi connectivity index (χ0v) is 12.9. The normalized spacial score (nSPS) is 15.6. The monoisotopic (exact) mass is 314 g/mol. The van der Waals surface area contributed by atoms with E-state index in [-0.39, 0.29) is 11.8 Å². The Bertz CT molecular complexity index is 687. The lowest BCUT2D eigenvalue weighted by molar-refractivity contribution is -0.121. The molecular weight excluding hydrogens is 295 g/mol. The fourth-order valence-corrected chi connectivity index (χ4v) is 2.43. The van der Waals surface area contributed by atoms with Gasteiger partial charge in [-0.25, -0.2) is 4.39 Å². The van der Waals surface area contributed by atoms with Crippen molar-refractivity contribution in [3.63, 3.8) is 0 Å². The molecule has 1 atom stereocenters. The van der Waals surface area contributed by atoms with E-state index in [1.54, 1.807) is 12.1 Å². The Morgan fingerprint density at radius 2 is 2.00 bits per heavy atom. The van der Waals surface area contributed by atoms with Crippen molar-refractivity contribution in [2.45, 2.75) is 6.92 Å². The molecule has 0 aliphatic carbocycles. The van der Waals surface area contributed by atoms with Crippen LogP contribution in [0.3, 0.4) is 0 Å². The van der Waals surface area contributed by atoms with E-state index in [0.717, 1.165) is 13.1 Å². The molecule has 1 aliphatic heterocycles. The van der Waals surface area contributed by atoms with Crippen LogP contribution < -0.4 is 15.4 Å². The SMILES string of the molecule is CC(C(=O)Nc1cc(F)ccc1Oc1ccccc1)C1CNC1. The highest BCUT2D eigenvalue weighted by Crippen LogP contribution is 2.31. The van der Waals surface area contributed by atoms with Crippen molar-refractivity contribution < 1.29 is 13.9 Å². The summed E-state index contributed by atoms with van der Waals surface area (Å²) in [5.41, 5.74) is 0.345. The summed E-state index contributed by atoms with van der Waals surface area (Å²) in [5, 5.41) is 5.94. The van der Waals surface area contributed by atoms with Gasteiger partial charge in [0.05, 0.1) is 5.69 Å². The Labute approximate surface area is 134 Å². The molecule has 23 heavy (non-hydrogen) atoms. The second-order valence-corrected chi connectivity index (χ2v) is 5.75. The van der Waals surface area contributed by atoms with E-state index in [4.69, 9.17) is 4.74 Å². The van der Waals surface area contributed by atoms with Gasteiger partial charge in [-0.3, -0.25) is 4.79 Å². The molecule has 120 valence electrons. The van der Waals surface area contributed by atoms with E-state index in [1.165, 1.54) is 18.2 Å². The van der Waals surface area contributed by atoms with Crippen LogP contribution in [-0.2, 0) is 4.79 Å². The first-order valence-corrected chi connectivity index (χ1v) is 7.67. The van der Waals surface area contributed by atoms with Crippen molar-refractivity contribution in [2.24, 2.45) is 11.8 Å². The average Bonchev–Trinajstić information content (AvgIpc) is 2.49. The molecule has 2 aromatic carbocycles. The number of hydrogen-bond donors (Lipinski definition) is 2. The van der Waals surface area contributed by atoms with Crippen LogP contribution in [0.4, 0.5) is 10.1 Å². The fourth-order valence-electron chi connectivity index (χ4n) is 2.43. The minimum atomic E-state index is -0.418. The van der Waals surface area contributed by atoms with Crippen molar-refractivity contribution in [3.05, 3.63) is 54.3 Å². The van der Waals surface area contributed by atoms with E-state index in [0.29, 0.717) is 23.1 Å². The van der Waals surface area contributed by atoms with Crippen LogP contribution in [0, 0.1) is 17.7 Å². The summed E-state index contributed by atoms with van der Waals surface area (Å²) < 4.78 is 19.3. The first-order chi connectivity index (χ1) is 11.1. The number of benzene rings is 2. The van der Waals surface area contributed by atoms with Crippen LogP contribution in [0.5, 0.6) is 11.5 Å². The summed E-state index contributed by atoms with van der Waals surface area (Å²) in [5.74, 6) is 0.695. The zero-order chi connectivity index (χ0) is 16.2. The van der Waals surface area contributed by atoms with Gasteiger partial charge in [0.15, 0.2) is 5.75 Å². The van der Waals surface area contributed by atoms with Gasteiger partial charge in [0, 0.05) is 12.0 Å². The lowest BCUT2D eigenvalue weighted by Crippen LogP contribution is -2.48. The highest BCUT2D eigenvalue weighted by Gasteiger charge is 2.29. The number of para-hydroxylation sites is 1.